The van der Waals surface area contributed by atoms with Gasteiger partial charge in [0.25, 0.3) is 0 Å². The van der Waals surface area contributed by atoms with Crippen molar-refractivity contribution in [2.75, 3.05) is 19.8 Å². The Labute approximate surface area is 204 Å². The first kappa shape index (κ1) is 29.4. The molecule has 0 saturated carbocycles. The van der Waals surface area contributed by atoms with Gasteiger partial charge in [0.15, 0.2) is 0 Å². The molecule has 1 rings (SSSR count). The Bertz CT molecular complexity index is 830. The van der Waals surface area contributed by atoms with Crippen LogP contribution in [0.15, 0.2) is 30.3 Å². The second kappa shape index (κ2) is 16.9. The zero-order valence-electron chi connectivity index (χ0n) is 20.1. The Hall–Kier alpha value is -3.63. The van der Waals surface area contributed by atoms with Crippen LogP contribution in [0.1, 0.15) is 51.5 Å². The van der Waals surface area contributed by atoms with E-state index in [-0.39, 0.29) is 26.2 Å². The Morgan fingerprint density at radius 1 is 0.914 bits per heavy atom. The van der Waals surface area contributed by atoms with E-state index < -0.39 is 48.3 Å². The molecule has 2 amide bonds. The number of alkyl carbamates (subject to hydrolysis) is 1. The zero-order valence-corrected chi connectivity index (χ0v) is 20.1. The van der Waals surface area contributed by atoms with Crippen molar-refractivity contribution >= 4 is 29.9 Å². The molecule has 0 unspecified atom stereocenters. The van der Waals surface area contributed by atoms with E-state index in [1.807, 2.05) is 30.3 Å². The number of nitrogens with one attached hydrogen (secondary N) is 2. The lowest BCUT2D eigenvalue weighted by Gasteiger charge is -2.22. The van der Waals surface area contributed by atoms with Crippen LogP contribution < -0.4 is 10.6 Å². The number of amides is 2. The predicted octanol–water partition coefficient (Wildman–Crippen LogP) is 2.18. The Morgan fingerprint density at radius 3 is 2.23 bits per heavy atom. The van der Waals surface area contributed by atoms with E-state index in [0.29, 0.717) is 25.8 Å². The second-order valence-electron chi connectivity index (χ2n) is 7.55. The largest absolute Gasteiger partial charge is 0.480 e. The number of unbranched alkanes of at least 4 members (excludes halogenated alkanes) is 2. The highest BCUT2D eigenvalue weighted by Crippen LogP contribution is 2.15. The maximum Gasteiger partial charge on any atom is 0.407 e. The van der Waals surface area contributed by atoms with Gasteiger partial charge in [-0.25, -0.2) is 9.59 Å². The van der Waals surface area contributed by atoms with Crippen LogP contribution >= 0.6 is 0 Å². The third-order valence-electron chi connectivity index (χ3n) is 4.83. The summed E-state index contributed by atoms with van der Waals surface area (Å²) in [5.74, 6) is -5.12. The Kier molecular flexibility index (Phi) is 14.2. The minimum absolute atomic E-state index is 0.00766. The zero-order chi connectivity index (χ0) is 26.1. The molecular weight excluding hydrogens is 460 g/mol. The summed E-state index contributed by atoms with van der Waals surface area (Å²) in [5.41, 5.74) is 0.876. The summed E-state index contributed by atoms with van der Waals surface area (Å²) in [7, 11) is 0. The minimum Gasteiger partial charge on any atom is -0.480 e. The fraction of sp³-hybridized carbons (Fsp3) is 0.542. The second-order valence-corrected chi connectivity index (χ2v) is 7.55. The number of aliphatic carboxylic acids is 1. The van der Waals surface area contributed by atoms with E-state index in [9.17, 15) is 29.1 Å². The number of rotatable bonds is 16. The van der Waals surface area contributed by atoms with Gasteiger partial charge in [0.05, 0.1) is 25.6 Å². The molecule has 35 heavy (non-hydrogen) atoms. The molecule has 0 radical (unpaired) electrons. The lowest BCUT2D eigenvalue weighted by Crippen LogP contribution is -2.49. The highest BCUT2D eigenvalue weighted by atomic mass is 16.5. The summed E-state index contributed by atoms with van der Waals surface area (Å²) in [4.78, 5) is 59.8. The highest BCUT2D eigenvalue weighted by Gasteiger charge is 2.38. The van der Waals surface area contributed by atoms with Gasteiger partial charge in [-0.05, 0) is 32.3 Å². The molecular formula is C24H34N2O9. The molecule has 194 valence electrons. The molecule has 2 atom stereocenters. The van der Waals surface area contributed by atoms with E-state index >= 15 is 0 Å². The molecule has 11 heteroatoms. The first-order valence-corrected chi connectivity index (χ1v) is 11.6. The fourth-order valence-electron chi connectivity index (χ4n) is 3.12. The van der Waals surface area contributed by atoms with Crippen molar-refractivity contribution in [1.29, 1.82) is 0 Å². The first-order chi connectivity index (χ1) is 16.8. The van der Waals surface area contributed by atoms with Gasteiger partial charge in [0, 0.05) is 13.0 Å². The van der Waals surface area contributed by atoms with E-state index in [4.69, 9.17) is 14.2 Å². The van der Waals surface area contributed by atoms with Gasteiger partial charge >= 0.3 is 24.0 Å². The van der Waals surface area contributed by atoms with E-state index in [1.54, 1.807) is 13.8 Å². The smallest absolute Gasteiger partial charge is 0.407 e. The van der Waals surface area contributed by atoms with Crippen LogP contribution in [0.25, 0.3) is 0 Å². The van der Waals surface area contributed by atoms with E-state index in [1.165, 1.54) is 0 Å². The summed E-state index contributed by atoms with van der Waals surface area (Å²) in [5, 5.41) is 14.5. The highest BCUT2D eigenvalue weighted by molar-refractivity contribution is 5.90. The van der Waals surface area contributed by atoms with Gasteiger partial charge in [-0.2, -0.15) is 0 Å². The standard InChI is InChI=1S/C24H34N2O9/c1-3-33-20(28)15-18(23(31)34-4-2)21(22(29)30)26-19(27)13-9-6-10-14-25-24(32)35-16-17-11-7-5-8-12-17/h5,7-8,11-12,18,21H,3-4,6,9-10,13-16H2,1-2H3,(H,25,32)(H,26,27)(H,29,30)/t18-,21+/m0/s1. The van der Waals surface area contributed by atoms with Crippen molar-refractivity contribution in [3.05, 3.63) is 35.9 Å². The van der Waals surface area contributed by atoms with Crippen LogP contribution in [0.3, 0.4) is 0 Å². The quantitative estimate of drug-likeness (QED) is 0.178. The lowest BCUT2D eigenvalue weighted by molar-refractivity contribution is -0.160. The van der Waals surface area contributed by atoms with Crippen LogP contribution in [0.4, 0.5) is 4.79 Å². The SMILES string of the molecule is CCOC(=O)C[C@H](C(=O)OCC)[C@@H](NC(=O)CCCCCNC(=O)OCc1ccccc1)C(=O)O. The van der Waals surface area contributed by atoms with Crippen molar-refractivity contribution in [2.24, 2.45) is 5.92 Å². The van der Waals surface area contributed by atoms with Gasteiger partial charge in [0.2, 0.25) is 5.91 Å². The summed E-state index contributed by atoms with van der Waals surface area (Å²) < 4.78 is 14.8. The topological polar surface area (TPSA) is 157 Å². The molecule has 11 nitrogen and oxygen atoms in total. The normalized spacial score (nSPS) is 12.1. The van der Waals surface area contributed by atoms with Gasteiger partial charge in [-0.3, -0.25) is 14.4 Å². The number of hydrogen-bond acceptors (Lipinski definition) is 8. The number of carbonyl (C=O) groups excluding carboxylic acids is 4. The molecule has 0 aliphatic carbocycles. The van der Waals surface area contributed by atoms with Gasteiger partial charge < -0.3 is 30.0 Å². The third kappa shape index (κ3) is 12.4. The van der Waals surface area contributed by atoms with Gasteiger partial charge in [0.1, 0.15) is 12.6 Å². The molecule has 3 N–H and O–H groups in total. The lowest BCUT2D eigenvalue weighted by atomic mass is 9.95. The summed E-state index contributed by atoms with van der Waals surface area (Å²) in [6.07, 6.45) is 0.551. The van der Waals surface area contributed by atoms with Gasteiger partial charge in [-0.15, -0.1) is 0 Å². The van der Waals surface area contributed by atoms with Crippen molar-refractivity contribution < 1.29 is 43.3 Å². The monoisotopic (exact) mass is 494 g/mol. The Morgan fingerprint density at radius 2 is 1.60 bits per heavy atom. The summed E-state index contributed by atoms with van der Waals surface area (Å²) >= 11 is 0. The number of carboxylic acid groups (broad SMARTS) is 1. The van der Waals surface area contributed by atoms with Crippen LogP contribution in [0.2, 0.25) is 0 Å². The number of carbonyl (C=O) groups is 5. The molecule has 0 aliphatic heterocycles. The molecule has 1 aromatic carbocycles. The third-order valence-corrected chi connectivity index (χ3v) is 4.83. The average Bonchev–Trinajstić information content (AvgIpc) is 2.83. The molecule has 0 aromatic heterocycles. The van der Waals surface area contributed by atoms with Crippen LogP contribution in [-0.2, 0) is 40.0 Å². The summed E-state index contributed by atoms with van der Waals surface area (Å²) in [6.45, 7) is 3.71. The van der Waals surface area contributed by atoms with Crippen LogP contribution in [0, 0.1) is 5.92 Å². The van der Waals surface area contributed by atoms with Crippen molar-refractivity contribution in [2.45, 2.75) is 58.6 Å². The summed E-state index contributed by atoms with van der Waals surface area (Å²) in [6, 6.07) is 7.63. The van der Waals surface area contributed by atoms with E-state index in [2.05, 4.69) is 10.6 Å². The molecule has 0 aliphatic rings. The van der Waals surface area contributed by atoms with Crippen LogP contribution in [0.5, 0.6) is 0 Å². The van der Waals surface area contributed by atoms with E-state index in [0.717, 1.165) is 5.56 Å². The number of hydrogen-bond donors (Lipinski definition) is 3. The molecule has 0 saturated heterocycles. The maximum absolute atomic E-state index is 12.3. The number of ether oxygens (including phenoxy) is 3. The average molecular weight is 495 g/mol. The molecule has 0 heterocycles. The molecule has 0 bridgehead atoms. The number of carboxylic acids is 1. The number of esters is 2. The molecule has 1 aromatic rings. The first-order valence-electron chi connectivity index (χ1n) is 11.6. The molecule has 0 fully saturated rings. The Balaban J connectivity index is 2.40. The van der Waals surface area contributed by atoms with Crippen molar-refractivity contribution in [3.8, 4) is 0 Å². The van der Waals surface area contributed by atoms with Crippen LogP contribution in [-0.4, -0.2) is 60.8 Å². The maximum atomic E-state index is 12.3. The number of benzene rings is 1. The fourth-order valence-corrected chi connectivity index (χ4v) is 3.12. The predicted molar refractivity (Wildman–Crippen MR) is 124 cm³/mol. The van der Waals surface area contributed by atoms with Crippen molar-refractivity contribution in [1.82, 2.24) is 10.6 Å². The molecule has 0 spiro atoms. The minimum atomic E-state index is -1.63. The van der Waals surface area contributed by atoms with Gasteiger partial charge in [-0.1, -0.05) is 36.8 Å². The van der Waals surface area contributed by atoms with Crippen molar-refractivity contribution in [3.63, 3.8) is 0 Å².